The Morgan fingerprint density at radius 1 is 1.20 bits per heavy atom. The summed E-state index contributed by atoms with van der Waals surface area (Å²) in [6.07, 6.45) is 2.48. The van der Waals surface area contributed by atoms with Gasteiger partial charge in [-0.25, -0.2) is 4.98 Å². The molecule has 1 fully saturated rings. The van der Waals surface area contributed by atoms with Gasteiger partial charge in [0.1, 0.15) is 5.01 Å². The highest BCUT2D eigenvalue weighted by Gasteiger charge is 2.32. The highest BCUT2D eigenvalue weighted by molar-refractivity contribution is 7.11. The quantitative estimate of drug-likeness (QED) is 0.781. The number of rotatable bonds is 4. The van der Waals surface area contributed by atoms with Gasteiger partial charge in [0.05, 0.1) is 23.9 Å². The average molecular weight is 353 g/mol. The summed E-state index contributed by atoms with van der Waals surface area (Å²) in [6, 6.07) is 10.3. The van der Waals surface area contributed by atoms with Gasteiger partial charge in [-0.3, -0.25) is 9.88 Å². The summed E-state index contributed by atoms with van der Waals surface area (Å²) in [5.74, 6) is 0.257. The number of aryl methyl sites for hydroxylation is 2. The van der Waals surface area contributed by atoms with E-state index in [1.165, 1.54) is 15.8 Å². The first-order valence-electron chi connectivity index (χ1n) is 8.76. The molecule has 0 aliphatic carbocycles. The number of aliphatic hydroxyl groups is 1. The van der Waals surface area contributed by atoms with Gasteiger partial charge >= 0.3 is 0 Å². The van der Waals surface area contributed by atoms with Crippen LogP contribution in [0, 0.1) is 19.8 Å². The van der Waals surface area contributed by atoms with Crippen LogP contribution in [0.3, 0.4) is 0 Å². The SMILES string of the molecule is Cc1nc(CN2C[C@@H](Cc3ccnc4ccccc34)[C@H](O)C2)sc1C. The number of benzene rings is 1. The van der Waals surface area contributed by atoms with Gasteiger partial charge in [0, 0.05) is 35.5 Å². The lowest BCUT2D eigenvalue weighted by atomic mass is 9.94. The lowest BCUT2D eigenvalue weighted by Crippen LogP contribution is -2.21. The Bertz CT molecular complexity index is 867. The maximum absolute atomic E-state index is 10.6. The maximum Gasteiger partial charge on any atom is 0.107 e. The van der Waals surface area contributed by atoms with Crippen LogP contribution < -0.4 is 0 Å². The number of aliphatic hydroxyl groups excluding tert-OH is 1. The maximum atomic E-state index is 10.6. The van der Waals surface area contributed by atoms with Crippen LogP contribution in [-0.4, -0.2) is 39.2 Å². The van der Waals surface area contributed by atoms with E-state index in [0.717, 1.165) is 42.3 Å². The zero-order valence-corrected chi connectivity index (χ0v) is 15.5. The predicted molar refractivity (Wildman–Crippen MR) is 102 cm³/mol. The molecule has 4 rings (SSSR count). The zero-order valence-electron chi connectivity index (χ0n) is 14.6. The number of fused-ring (bicyclic) bond motifs is 1. The van der Waals surface area contributed by atoms with Crippen LogP contribution in [0.4, 0.5) is 0 Å². The van der Waals surface area contributed by atoms with Gasteiger partial charge < -0.3 is 5.11 Å². The first-order chi connectivity index (χ1) is 12.1. The van der Waals surface area contributed by atoms with E-state index in [1.54, 1.807) is 11.3 Å². The fourth-order valence-corrected chi connectivity index (χ4v) is 4.66. The molecule has 0 spiro atoms. The molecular formula is C20H23N3OS. The average Bonchev–Trinajstić information content (AvgIpc) is 3.10. The van der Waals surface area contributed by atoms with E-state index in [0.29, 0.717) is 0 Å². The van der Waals surface area contributed by atoms with E-state index in [2.05, 4.69) is 46.9 Å². The summed E-state index contributed by atoms with van der Waals surface area (Å²) in [7, 11) is 0. The fourth-order valence-electron chi connectivity index (χ4n) is 3.68. The molecule has 1 N–H and O–H groups in total. The number of hydrogen-bond donors (Lipinski definition) is 1. The van der Waals surface area contributed by atoms with Gasteiger partial charge in [0.25, 0.3) is 0 Å². The summed E-state index contributed by atoms with van der Waals surface area (Å²) in [5.41, 5.74) is 3.43. The van der Waals surface area contributed by atoms with Crippen LogP contribution in [0.5, 0.6) is 0 Å². The van der Waals surface area contributed by atoms with Gasteiger partial charge in [-0.2, -0.15) is 0 Å². The standard InChI is InChI=1S/C20H23N3OS/c1-13-14(2)25-20(22-13)12-23-10-16(19(24)11-23)9-15-7-8-21-18-6-4-3-5-17(15)18/h3-8,16,19,24H,9-12H2,1-2H3/t16-,19-/m1/s1. The van der Waals surface area contributed by atoms with Gasteiger partial charge in [0.15, 0.2) is 0 Å². The molecule has 25 heavy (non-hydrogen) atoms. The number of hydrogen-bond acceptors (Lipinski definition) is 5. The molecule has 2 atom stereocenters. The second kappa shape index (κ2) is 6.83. The van der Waals surface area contributed by atoms with E-state index in [1.807, 2.05) is 18.3 Å². The van der Waals surface area contributed by atoms with Crippen molar-refractivity contribution in [2.24, 2.45) is 5.92 Å². The Hall–Kier alpha value is -1.82. The third-order valence-electron chi connectivity index (χ3n) is 5.14. The molecule has 130 valence electrons. The lowest BCUT2D eigenvalue weighted by molar-refractivity contribution is 0.141. The number of likely N-dealkylation sites (tertiary alicyclic amines) is 1. The molecule has 2 aromatic heterocycles. The molecule has 3 aromatic rings. The first-order valence-corrected chi connectivity index (χ1v) is 9.58. The van der Waals surface area contributed by atoms with E-state index in [-0.39, 0.29) is 12.0 Å². The van der Waals surface area contributed by atoms with Gasteiger partial charge in [-0.05, 0) is 38.0 Å². The Balaban J connectivity index is 1.48. The third kappa shape index (κ3) is 3.45. The highest BCUT2D eigenvalue weighted by Crippen LogP contribution is 2.27. The molecule has 1 aromatic carbocycles. The minimum Gasteiger partial charge on any atom is -0.391 e. The molecule has 1 aliphatic rings. The van der Waals surface area contributed by atoms with Crippen LogP contribution in [0.1, 0.15) is 21.1 Å². The van der Waals surface area contributed by atoms with Crippen LogP contribution in [0.15, 0.2) is 36.5 Å². The molecule has 3 heterocycles. The zero-order chi connectivity index (χ0) is 17.4. The van der Waals surface area contributed by atoms with Gasteiger partial charge in [-0.1, -0.05) is 18.2 Å². The fraction of sp³-hybridized carbons (Fsp3) is 0.400. The number of pyridine rings is 1. The summed E-state index contributed by atoms with van der Waals surface area (Å²) >= 11 is 1.77. The second-order valence-corrected chi connectivity index (χ2v) is 8.25. The predicted octanol–water partition coefficient (Wildman–Crippen LogP) is 3.34. The number of thiazole rings is 1. The number of aromatic nitrogens is 2. The number of para-hydroxylation sites is 1. The molecule has 0 bridgehead atoms. The molecule has 0 unspecified atom stereocenters. The van der Waals surface area contributed by atoms with Crippen molar-refractivity contribution in [2.75, 3.05) is 13.1 Å². The Kier molecular flexibility index (Phi) is 4.54. The Morgan fingerprint density at radius 3 is 2.84 bits per heavy atom. The van der Waals surface area contributed by atoms with E-state index >= 15 is 0 Å². The van der Waals surface area contributed by atoms with Crippen molar-refractivity contribution in [3.63, 3.8) is 0 Å². The van der Waals surface area contributed by atoms with Crippen molar-refractivity contribution in [3.05, 3.63) is 57.7 Å². The van der Waals surface area contributed by atoms with Crippen LogP contribution in [0.2, 0.25) is 0 Å². The highest BCUT2D eigenvalue weighted by atomic mass is 32.1. The topological polar surface area (TPSA) is 49.2 Å². The Labute approximate surface area is 152 Å². The smallest absolute Gasteiger partial charge is 0.107 e. The summed E-state index contributed by atoms with van der Waals surface area (Å²) in [6.45, 7) is 6.66. The van der Waals surface area contributed by atoms with Crippen LogP contribution in [0.25, 0.3) is 10.9 Å². The lowest BCUT2D eigenvalue weighted by Gasteiger charge is -2.15. The molecular weight excluding hydrogens is 330 g/mol. The van der Waals surface area contributed by atoms with Crippen molar-refractivity contribution >= 4 is 22.2 Å². The van der Waals surface area contributed by atoms with Crippen molar-refractivity contribution in [1.29, 1.82) is 0 Å². The third-order valence-corrected chi connectivity index (χ3v) is 6.19. The van der Waals surface area contributed by atoms with Crippen LogP contribution >= 0.6 is 11.3 Å². The molecule has 1 aliphatic heterocycles. The first kappa shape index (κ1) is 16.6. The normalized spacial score (nSPS) is 21.2. The summed E-state index contributed by atoms with van der Waals surface area (Å²) in [5, 5.41) is 12.9. The molecule has 0 amide bonds. The monoisotopic (exact) mass is 353 g/mol. The van der Waals surface area contributed by atoms with E-state index in [9.17, 15) is 5.11 Å². The molecule has 0 radical (unpaired) electrons. The molecule has 4 nitrogen and oxygen atoms in total. The number of nitrogens with zero attached hydrogens (tertiary/aromatic N) is 3. The van der Waals surface area contributed by atoms with Crippen molar-refractivity contribution in [2.45, 2.75) is 32.9 Å². The minimum absolute atomic E-state index is 0.257. The Morgan fingerprint density at radius 2 is 2.04 bits per heavy atom. The van der Waals surface area contributed by atoms with Crippen molar-refractivity contribution in [1.82, 2.24) is 14.9 Å². The second-order valence-electron chi connectivity index (χ2n) is 6.96. The molecule has 1 saturated heterocycles. The van der Waals surface area contributed by atoms with E-state index < -0.39 is 0 Å². The van der Waals surface area contributed by atoms with Gasteiger partial charge in [0.2, 0.25) is 0 Å². The molecule has 0 saturated carbocycles. The van der Waals surface area contributed by atoms with Crippen LogP contribution in [-0.2, 0) is 13.0 Å². The van der Waals surface area contributed by atoms with Gasteiger partial charge in [-0.15, -0.1) is 11.3 Å². The molecule has 5 heteroatoms. The summed E-state index contributed by atoms with van der Waals surface area (Å²) in [4.78, 5) is 12.7. The largest absolute Gasteiger partial charge is 0.391 e. The van der Waals surface area contributed by atoms with Crippen molar-refractivity contribution in [3.8, 4) is 0 Å². The summed E-state index contributed by atoms with van der Waals surface area (Å²) < 4.78 is 0. The number of β-amino-alcohol motifs (C(OH)–C–C–N with tert-alkyl or cyclic N) is 1. The minimum atomic E-state index is -0.283. The van der Waals surface area contributed by atoms with E-state index in [4.69, 9.17) is 0 Å². The van der Waals surface area contributed by atoms with Crippen molar-refractivity contribution < 1.29 is 5.11 Å².